The average molecular weight is 303 g/mol. The molecule has 1 aliphatic rings. The van der Waals surface area contributed by atoms with Crippen LogP contribution in [0.4, 0.5) is 4.39 Å². The normalized spacial score (nSPS) is 16.3. The number of aromatic amines is 1. The third-order valence-corrected chi connectivity index (χ3v) is 4.46. The number of rotatable bonds is 6. The van der Waals surface area contributed by atoms with Crippen LogP contribution >= 0.6 is 0 Å². The van der Waals surface area contributed by atoms with Crippen LogP contribution in [0.1, 0.15) is 24.8 Å². The smallest absolute Gasteiger partial charge is 0.209 e. The summed E-state index contributed by atoms with van der Waals surface area (Å²) >= 11 is 0. The van der Waals surface area contributed by atoms with Crippen LogP contribution in [0.15, 0.2) is 24.4 Å². The van der Waals surface area contributed by atoms with E-state index in [1.54, 1.807) is 12.1 Å². The highest BCUT2D eigenvalue weighted by Gasteiger charge is 2.16. The van der Waals surface area contributed by atoms with Crippen molar-refractivity contribution in [1.29, 1.82) is 0 Å². The predicted molar refractivity (Wildman–Crippen MR) is 85.2 cm³/mol. The molecule has 0 atom stereocenters. The van der Waals surface area contributed by atoms with Gasteiger partial charge in [-0.1, -0.05) is 0 Å². The summed E-state index contributed by atoms with van der Waals surface area (Å²) in [7, 11) is 0. The van der Waals surface area contributed by atoms with Gasteiger partial charge in [0.05, 0.1) is 0 Å². The Kier molecular flexibility index (Phi) is 4.73. The lowest BCUT2D eigenvalue weighted by molar-refractivity contribution is -0.119. The van der Waals surface area contributed by atoms with Gasteiger partial charge in [0, 0.05) is 36.2 Å². The fraction of sp³-hybridized carbons (Fsp3) is 0.471. The second kappa shape index (κ2) is 6.92. The fourth-order valence-corrected chi connectivity index (χ4v) is 3.15. The van der Waals surface area contributed by atoms with Crippen LogP contribution in [-0.4, -0.2) is 42.0 Å². The average Bonchev–Trinajstić information content (AvgIpc) is 2.94. The van der Waals surface area contributed by atoms with Crippen molar-refractivity contribution in [3.8, 4) is 0 Å². The van der Waals surface area contributed by atoms with E-state index in [1.165, 1.54) is 11.6 Å². The molecule has 3 rings (SSSR count). The van der Waals surface area contributed by atoms with Gasteiger partial charge in [-0.05, 0) is 56.0 Å². The van der Waals surface area contributed by atoms with E-state index in [0.717, 1.165) is 62.6 Å². The van der Waals surface area contributed by atoms with Gasteiger partial charge in [-0.3, -0.25) is 4.79 Å². The standard InChI is InChI=1S/C17H22FN3O/c18-14-3-4-17-16(10-14)13(11-20-17)2-1-7-19-15-5-8-21(12-22)9-6-15/h3-4,10-12,15,19-20H,1-2,5-9H2. The fourth-order valence-electron chi connectivity index (χ4n) is 3.15. The summed E-state index contributed by atoms with van der Waals surface area (Å²) in [5.41, 5.74) is 2.16. The van der Waals surface area contributed by atoms with E-state index in [0.29, 0.717) is 6.04 Å². The van der Waals surface area contributed by atoms with Crippen molar-refractivity contribution in [3.05, 3.63) is 35.8 Å². The quantitative estimate of drug-likeness (QED) is 0.636. The molecule has 0 spiro atoms. The highest BCUT2D eigenvalue weighted by atomic mass is 19.1. The number of fused-ring (bicyclic) bond motifs is 1. The zero-order chi connectivity index (χ0) is 15.4. The van der Waals surface area contributed by atoms with Crippen LogP contribution in [-0.2, 0) is 11.2 Å². The van der Waals surface area contributed by atoms with Gasteiger partial charge in [0.1, 0.15) is 5.82 Å². The van der Waals surface area contributed by atoms with Crippen molar-refractivity contribution in [3.63, 3.8) is 0 Å². The predicted octanol–water partition coefficient (Wildman–Crippen LogP) is 2.45. The maximum absolute atomic E-state index is 13.3. The van der Waals surface area contributed by atoms with E-state index in [2.05, 4.69) is 10.3 Å². The SMILES string of the molecule is O=CN1CCC(NCCCc2c[nH]c3ccc(F)cc23)CC1. The zero-order valence-electron chi connectivity index (χ0n) is 12.6. The maximum atomic E-state index is 13.3. The van der Waals surface area contributed by atoms with Gasteiger partial charge < -0.3 is 15.2 Å². The number of likely N-dealkylation sites (tertiary alicyclic amines) is 1. The van der Waals surface area contributed by atoms with Crippen LogP contribution in [0.25, 0.3) is 10.9 Å². The first kappa shape index (κ1) is 15.0. The van der Waals surface area contributed by atoms with E-state index < -0.39 is 0 Å². The molecule has 2 heterocycles. The van der Waals surface area contributed by atoms with E-state index in [1.807, 2.05) is 11.1 Å². The minimum absolute atomic E-state index is 0.187. The van der Waals surface area contributed by atoms with Crippen LogP contribution in [0.3, 0.4) is 0 Å². The van der Waals surface area contributed by atoms with Gasteiger partial charge in [0.2, 0.25) is 6.41 Å². The molecule has 22 heavy (non-hydrogen) atoms. The molecule has 5 heteroatoms. The summed E-state index contributed by atoms with van der Waals surface area (Å²) < 4.78 is 13.3. The number of hydrogen-bond acceptors (Lipinski definition) is 2. The molecule has 4 nitrogen and oxygen atoms in total. The monoisotopic (exact) mass is 303 g/mol. The number of hydrogen-bond donors (Lipinski definition) is 2. The van der Waals surface area contributed by atoms with E-state index in [-0.39, 0.29) is 5.82 Å². The van der Waals surface area contributed by atoms with Gasteiger partial charge in [-0.25, -0.2) is 4.39 Å². The number of carbonyl (C=O) groups excluding carboxylic acids is 1. The molecule has 2 N–H and O–H groups in total. The van der Waals surface area contributed by atoms with Gasteiger partial charge >= 0.3 is 0 Å². The molecule has 1 amide bonds. The van der Waals surface area contributed by atoms with E-state index >= 15 is 0 Å². The van der Waals surface area contributed by atoms with Crippen molar-refractivity contribution >= 4 is 17.3 Å². The topological polar surface area (TPSA) is 48.1 Å². The Bertz CT molecular complexity index is 632. The Morgan fingerprint density at radius 3 is 2.95 bits per heavy atom. The first-order valence-electron chi connectivity index (χ1n) is 7.94. The zero-order valence-corrected chi connectivity index (χ0v) is 12.6. The number of aromatic nitrogens is 1. The molecular weight excluding hydrogens is 281 g/mol. The lowest BCUT2D eigenvalue weighted by atomic mass is 10.0. The second-order valence-electron chi connectivity index (χ2n) is 5.98. The molecule has 118 valence electrons. The van der Waals surface area contributed by atoms with Crippen LogP contribution in [0.5, 0.6) is 0 Å². The number of amides is 1. The number of carbonyl (C=O) groups is 1. The Labute approximate surface area is 129 Å². The van der Waals surface area contributed by atoms with Gasteiger partial charge in [-0.2, -0.15) is 0 Å². The number of benzene rings is 1. The largest absolute Gasteiger partial charge is 0.361 e. The molecular formula is C17H22FN3O. The molecule has 1 saturated heterocycles. The molecule has 0 bridgehead atoms. The minimum Gasteiger partial charge on any atom is -0.361 e. The Hall–Kier alpha value is -1.88. The van der Waals surface area contributed by atoms with E-state index in [4.69, 9.17) is 0 Å². The van der Waals surface area contributed by atoms with Gasteiger partial charge in [-0.15, -0.1) is 0 Å². The maximum Gasteiger partial charge on any atom is 0.209 e. The third-order valence-electron chi connectivity index (χ3n) is 4.46. The van der Waals surface area contributed by atoms with Crippen LogP contribution in [0.2, 0.25) is 0 Å². The van der Waals surface area contributed by atoms with Crippen molar-refractivity contribution in [2.75, 3.05) is 19.6 Å². The molecule has 0 saturated carbocycles. The summed E-state index contributed by atoms with van der Waals surface area (Å²) in [6, 6.07) is 5.38. The Morgan fingerprint density at radius 2 is 2.18 bits per heavy atom. The highest BCUT2D eigenvalue weighted by molar-refractivity contribution is 5.83. The summed E-state index contributed by atoms with van der Waals surface area (Å²) in [5.74, 6) is -0.187. The molecule has 1 aliphatic heterocycles. The number of piperidine rings is 1. The summed E-state index contributed by atoms with van der Waals surface area (Å²) in [4.78, 5) is 15.7. The van der Waals surface area contributed by atoms with Gasteiger partial charge in [0.15, 0.2) is 0 Å². The molecule has 2 aromatic rings. The van der Waals surface area contributed by atoms with Crippen molar-refractivity contribution in [2.24, 2.45) is 0 Å². The molecule has 0 aliphatic carbocycles. The van der Waals surface area contributed by atoms with Crippen molar-refractivity contribution < 1.29 is 9.18 Å². The molecule has 0 radical (unpaired) electrons. The molecule has 1 fully saturated rings. The van der Waals surface area contributed by atoms with Crippen LogP contribution < -0.4 is 5.32 Å². The summed E-state index contributed by atoms with van der Waals surface area (Å²) in [5, 5.41) is 4.55. The van der Waals surface area contributed by atoms with Crippen LogP contribution in [0, 0.1) is 5.82 Å². The first-order valence-corrected chi connectivity index (χ1v) is 7.94. The summed E-state index contributed by atoms with van der Waals surface area (Å²) in [6.07, 6.45) is 6.92. The first-order chi connectivity index (χ1) is 10.8. The van der Waals surface area contributed by atoms with Gasteiger partial charge in [0.25, 0.3) is 0 Å². The number of aryl methyl sites for hydroxylation is 1. The number of nitrogens with one attached hydrogen (secondary N) is 2. The molecule has 1 aromatic heterocycles. The molecule has 0 unspecified atom stereocenters. The molecule has 1 aromatic carbocycles. The number of halogens is 1. The van der Waals surface area contributed by atoms with E-state index in [9.17, 15) is 9.18 Å². The highest BCUT2D eigenvalue weighted by Crippen LogP contribution is 2.20. The Balaban J connectivity index is 1.45. The van der Waals surface area contributed by atoms with Crippen molar-refractivity contribution in [2.45, 2.75) is 31.7 Å². The number of nitrogens with zero attached hydrogens (tertiary/aromatic N) is 1. The summed E-state index contributed by atoms with van der Waals surface area (Å²) in [6.45, 7) is 2.65. The Morgan fingerprint density at radius 1 is 1.36 bits per heavy atom. The lowest BCUT2D eigenvalue weighted by Crippen LogP contribution is -2.42. The minimum atomic E-state index is -0.187. The van der Waals surface area contributed by atoms with Crippen molar-refractivity contribution in [1.82, 2.24) is 15.2 Å². The number of H-pyrrole nitrogens is 1. The third kappa shape index (κ3) is 3.47. The second-order valence-corrected chi connectivity index (χ2v) is 5.98. The lowest BCUT2D eigenvalue weighted by Gasteiger charge is -2.29.